The Morgan fingerprint density at radius 1 is 1.33 bits per heavy atom. The van der Waals surface area contributed by atoms with Crippen LogP contribution in [-0.2, 0) is 9.53 Å². The molecule has 5 nitrogen and oxygen atoms in total. The van der Waals surface area contributed by atoms with Gasteiger partial charge in [-0.25, -0.2) is 0 Å². The van der Waals surface area contributed by atoms with Crippen LogP contribution in [0.3, 0.4) is 0 Å². The van der Waals surface area contributed by atoms with Crippen LogP contribution in [0.5, 0.6) is 11.5 Å². The fraction of sp³-hybridized carbons (Fsp3) is 0.562. The predicted molar refractivity (Wildman–Crippen MR) is 79.7 cm³/mol. The SMILES string of the molecule is CCCN(CC(=O)OCC)CC1COc2ccccc2O1. The summed E-state index contributed by atoms with van der Waals surface area (Å²) in [6.07, 6.45) is 0.907. The molecule has 1 unspecified atom stereocenters. The first-order valence-corrected chi connectivity index (χ1v) is 7.49. The van der Waals surface area contributed by atoms with Crippen LogP contribution < -0.4 is 9.47 Å². The molecule has 0 aromatic heterocycles. The molecule has 116 valence electrons. The highest BCUT2D eigenvalue weighted by Crippen LogP contribution is 2.30. The molecule has 0 fully saturated rings. The summed E-state index contributed by atoms with van der Waals surface area (Å²) in [5.41, 5.74) is 0. The van der Waals surface area contributed by atoms with E-state index in [1.165, 1.54) is 0 Å². The maximum Gasteiger partial charge on any atom is 0.320 e. The molecule has 2 rings (SSSR count). The largest absolute Gasteiger partial charge is 0.486 e. The van der Waals surface area contributed by atoms with Crippen molar-refractivity contribution < 1.29 is 19.0 Å². The van der Waals surface area contributed by atoms with E-state index in [1.807, 2.05) is 31.2 Å². The molecule has 21 heavy (non-hydrogen) atoms. The van der Waals surface area contributed by atoms with Crippen LogP contribution in [0.25, 0.3) is 0 Å². The van der Waals surface area contributed by atoms with Crippen molar-refractivity contribution in [3.05, 3.63) is 24.3 Å². The van der Waals surface area contributed by atoms with Crippen LogP contribution in [-0.4, -0.2) is 49.8 Å². The highest BCUT2D eigenvalue weighted by atomic mass is 16.6. The Bertz CT molecular complexity index is 463. The molecule has 5 heteroatoms. The molecular formula is C16H23NO4. The first kappa shape index (κ1) is 15.6. The first-order chi connectivity index (χ1) is 10.2. The minimum Gasteiger partial charge on any atom is -0.486 e. The van der Waals surface area contributed by atoms with E-state index in [2.05, 4.69) is 11.8 Å². The fourth-order valence-corrected chi connectivity index (χ4v) is 2.38. The lowest BCUT2D eigenvalue weighted by atomic mass is 10.2. The van der Waals surface area contributed by atoms with Crippen molar-refractivity contribution in [2.24, 2.45) is 0 Å². The molecule has 0 aliphatic carbocycles. The van der Waals surface area contributed by atoms with E-state index in [0.29, 0.717) is 26.3 Å². The molecule has 0 saturated heterocycles. The molecule has 1 aromatic rings. The lowest BCUT2D eigenvalue weighted by molar-refractivity contribution is -0.144. The van der Waals surface area contributed by atoms with Gasteiger partial charge in [0.05, 0.1) is 13.2 Å². The molecule has 1 aliphatic heterocycles. The zero-order valence-corrected chi connectivity index (χ0v) is 12.7. The molecule has 0 radical (unpaired) electrons. The average Bonchev–Trinajstić information content (AvgIpc) is 2.47. The van der Waals surface area contributed by atoms with Gasteiger partial charge >= 0.3 is 5.97 Å². The Morgan fingerprint density at radius 3 is 2.81 bits per heavy atom. The summed E-state index contributed by atoms with van der Waals surface area (Å²) in [5, 5.41) is 0. The number of hydrogen-bond acceptors (Lipinski definition) is 5. The normalized spacial score (nSPS) is 16.8. The molecule has 0 amide bonds. The van der Waals surface area contributed by atoms with Crippen molar-refractivity contribution in [2.75, 3.05) is 32.8 Å². The monoisotopic (exact) mass is 293 g/mol. The third-order valence-electron chi connectivity index (χ3n) is 3.23. The summed E-state index contributed by atoms with van der Waals surface area (Å²) in [6, 6.07) is 7.64. The Hall–Kier alpha value is -1.75. The van der Waals surface area contributed by atoms with Crippen LogP contribution >= 0.6 is 0 Å². The van der Waals surface area contributed by atoms with E-state index in [1.54, 1.807) is 0 Å². The molecule has 1 aromatic carbocycles. The van der Waals surface area contributed by atoms with Crippen molar-refractivity contribution in [2.45, 2.75) is 26.4 Å². The third-order valence-corrected chi connectivity index (χ3v) is 3.23. The number of hydrogen-bond donors (Lipinski definition) is 0. The van der Waals surface area contributed by atoms with Crippen molar-refractivity contribution in [1.82, 2.24) is 4.90 Å². The van der Waals surface area contributed by atoms with E-state index < -0.39 is 0 Å². The van der Waals surface area contributed by atoms with Crippen LogP contribution in [0.2, 0.25) is 0 Å². The molecule has 0 N–H and O–H groups in total. The highest BCUT2D eigenvalue weighted by Gasteiger charge is 2.24. The van der Waals surface area contributed by atoms with Crippen molar-refractivity contribution in [3.63, 3.8) is 0 Å². The van der Waals surface area contributed by atoms with Gasteiger partial charge in [0.2, 0.25) is 0 Å². The van der Waals surface area contributed by atoms with Gasteiger partial charge in [-0.1, -0.05) is 19.1 Å². The number of esters is 1. The smallest absolute Gasteiger partial charge is 0.320 e. The summed E-state index contributed by atoms with van der Waals surface area (Å²) < 4.78 is 16.6. The number of rotatable bonds is 7. The van der Waals surface area contributed by atoms with Gasteiger partial charge < -0.3 is 14.2 Å². The molecular weight excluding hydrogens is 270 g/mol. The number of fused-ring (bicyclic) bond motifs is 1. The Labute approximate surface area is 125 Å². The van der Waals surface area contributed by atoms with Gasteiger partial charge in [0.15, 0.2) is 11.5 Å². The second-order valence-corrected chi connectivity index (χ2v) is 5.04. The van der Waals surface area contributed by atoms with Gasteiger partial charge in [0.25, 0.3) is 0 Å². The summed E-state index contributed by atoms with van der Waals surface area (Å²) >= 11 is 0. The van der Waals surface area contributed by atoms with E-state index in [0.717, 1.165) is 24.5 Å². The fourth-order valence-electron chi connectivity index (χ4n) is 2.38. The van der Waals surface area contributed by atoms with E-state index in [9.17, 15) is 4.79 Å². The zero-order chi connectivity index (χ0) is 15.1. The lowest BCUT2D eigenvalue weighted by Gasteiger charge is -2.30. The second kappa shape index (κ2) is 7.88. The first-order valence-electron chi connectivity index (χ1n) is 7.49. The van der Waals surface area contributed by atoms with Crippen molar-refractivity contribution >= 4 is 5.97 Å². The maximum absolute atomic E-state index is 11.6. The summed E-state index contributed by atoms with van der Waals surface area (Å²) in [7, 11) is 0. The number of ether oxygens (including phenoxy) is 3. The second-order valence-electron chi connectivity index (χ2n) is 5.04. The number of carbonyl (C=O) groups is 1. The minimum atomic E-state index is -0.192. The van der Waals surface area contributed by atoms with Crippen molar-refractivity contribution in [1.29, 1.82) is 0 Å². The van der Waals surface area contributed by atoms with E-state index in [-0.39, 0.29) is 12.1 Å². The van der Waals surface area contributed by atoms with Crippen LogP contribution in [0.4, 0.5) is 0 Å². The molecule has 1 heterocycles. The Morgan fingerprint density at radius 2 is 2.10 bits per heavy atom. The summed E-state index contributed by atoms with van der Waals surface area (Å²) in [6.45, 7) is 6.60. The molecule has 1 atom stereocenters. The van der Waals surface area contributed by atoms with Gasteiger partial charge in [-0.3, -0.25) is 9.69 Å². The van der Waals surface area contributed by atoms with Crippen molar-refractivity contribution in [3.8, 4) is 11.5 Å². The van der Waals surface area contributed by atoms with Gasteiger partial charge in [0.1, 0.15) is 12.7 Å². The van der Waals surface area contributed by atoms with E-state index >= 15 is 0 Å². The molecule has 0 saturated carbocycles. The van der Waals surface area contributed by atoms with Gasteiger partial charge in [-0.05, 0) is 32.0 Å². The van der Waals surface area contributed by atoms with Gasteiger partial charge in [0, 0.05) is 6.54 Å². The topological polar surface area (TPSA) is 48.0 Å². The molecule has 0 spiro atoms. The Kier molecular flexibility index (Phi) is 5.87. The summed E-state index contributed by atoms with van der Waals surface area (Å²) in [5.74, 6) is 1.35. The van der Waals surface area contributed by atoms with Gasteiger partial charge in [-0.2, -0.15) is 0 Å². The summed E-state index contributed by atoms with van der Waals surface area (Å²) in [4.78, 5) is 13.7. The molecule has 1 aliphatic rings. The van der Waals surface area contributed by atoms with Crippen LogP contribution in [0.15, 0.2) is 24.3 Å². The zero-order valence-electron chi connectivity index (χ0n) is 12.7. The molecule has 0 bridgehead atoms. The Balaban J connectivity index is 1.90. The predicted octanol–water partition coefficient (Wildman–Crippen LogP) is 2.10. The number of para-hydroxylation sites is 2. The minimum absolute atomic E-state index is 0.0686. The average molecular weight is 293 g/mol. The number of benzene rings is 1. The maximum atomic E-state index is 11.6. The highest BCUT2D eigenvalue weighted by molar-refractivity contribution is 5.71. The quantitative estimate of drug-likeness (QED) is 0.721. The van der Waals surface area contributed by atoms with Crippen LogP contribution in [0, 0.1) is 0 Å². The lowest BCUT2D eigenvalue weighted by Crippen LogP contribution is -2.43. The van der Waals surface area contributed by atoms with Gasteiger partial charge in [-0.15, -0.1) is 0 Å². The number of carbonyl (C=O) groups excluding carboxylic acids is 1. The standard InChI is InChI=1S/C16H23NO4/c1-3-9-17(11-16(18)19-4-2)10-13-12-20-14-7-5-6-8-15(14)21-13/h5-8,13H,3-4,9-12H2,1-2H3. The number of nitrogens with zero attached hydrogens (tertiary/aromatic N) is 1. The van der Waals surface area contributed by atoms with E-state index in [4.69, 9.17) is 14.2 Å². The third kappa shape index (κ3) is 4.63. The van der Waals surface area contributed by atoms with Crippen LogP contribution in [0.1, 0.15) is 20.3 Å².